The molecule has 0 aliphatic rings. The molecule has 1 N–H and O–H groups in total. The molecule has 0 aliphatic heterocycles. The lowest BCUT2D eigenvalue weighted by molar-refractivity contribution is -0.137. The van der Waals surface area contributed by atoms with Crippen molar-refractivity contribution in [2.24, 2.45) is 0 Å². The fraction of sp³-hybridized carbons (Fsp3) is 0.303. The number of aromatic nitrogens is 2. The Balaban J connectivity index is 0.000000256. The van der Waals surface area contributed by atoms with Crippen molar-refractivity contribution < 1.29 is 31.6 Å². The summed E-state index contributed by atoms with van der Waals surface area (Å²) in [6.07, 6.45) is -5.24. The van der Waals surface area contributed by atoms with E-state index in [4.69, 9.17) is 37.9 Å². The number of carbonyl (C=O) groups excluding carboxylic acids is 1. The Bertz CT molecular complexity index is 1800. The van der Waals surface area contributed by atoms with Gasteiger partial charge in [-0.2, -0.15) is 23.5 Å². The molecular formula is C33H33Cl2F3N4O4S. The topological polar surface area (TPSA) is 106 Å². The molecule has 1 heterocycles. The van der Waals surface area contributed by atoms with E-state index in [-0.39, 0.29) is 38.0 Å². The first kappa shape index (κ1) is 37.6. The minimum Gasteiger partial charge on any atom is -0.489 e. The zero-order valence-electron chi connectivity index (χ0n) is 26.5. The molecular weight excluding hydrogens is 676 g/mol. The number of nitrogens with zero attached hydrogens (tertiary/aromatic N) is 3. The van der Waals surface area contributed by atoms with Crippen molar-refractivity contribution >= 4 is 39.9 Å². The van der Waals surface area contributed by atoms with Gasteiger partial charge in [0.1, 0.15) is 24.1 Å². The molecule has 0 aliphatic carbocycles. The molecule has 8 nitrogen and oxygen atoms in total. The lowest BCUT2D eigenvalue weighted by Crippen LogP contribution is -2.27. The third-order valence-corrected chi connectivity index (χ3v) is 9.04. The molecule has 0 fully saturated rings. The highest BCUT2D eigenvalue weighted by Crippen LogP contribution is 2.38. The lowest BCUT2D eigenvalue weighted by atomic mass is 10.0. The van der Waals surface area contributed by atoms with E-state index in [1.807, 2.05) is 56.3 Å². The van der Waals surface area contributed by atoms with Crippen LogP contribution in [0.3, 0.4) is 0 Å². The van der Waals surface area contributed by atoms with E-state index < -0.39 is 28.6 Å². The van der Waals surface area contributed by atoms with Gasteiger partial charge in [-0.3, -0.25) is 9.00 Å². The van der Waals surface area contributed by atoms with Crippen LogP contribution in [0, 0.1) is 32.1 Å². The van der Waals surface area contributed by atoms with Crippen LogP contribution in [0.5, 0.6) is 5.75 Å². The summed E-state index contributed by atoms with van der Waals surface area (Å²) < 4.78 is 63.0. The standard InChI is InChI=1S/C19H23NO3.C14H10Cl2F3N3OS/c1-13-9-10-14(2)17(11-13)23-12-15-7-5-6-8-16(15)18(22-4)19(21)20-3;1-3-24(23)13-7(2)22(21-11(13)6-20)12-9(15)4-8(5-10(12)16)14(17,18)19/h5-11,18H,12H2,1-4H3,(H,20,21);4-5H,3H2,1-2H3. The van der Waals surface area contributed by atoms with Crippen LogP contribution in [0.4, 0.5) is 13.2 Å². The van der Waals surface area contributed by atoms with E-state index >= 15 is 0 Å². The number of methoxy groups -OCH3 is 1. The number of rotatable bonds is 9. The number of alkyl halides is 3. The van der Waals surface area contributed by atoms with Gasteiger partial charge < -0.3 is 14.8 Å². The van der Waals surface area contributed by atoms with Crippen LogP contribution in [-0.4, -0.2) is 39.8 Å². The minimum absolute atomic E-state index is 0.000290. The predicted octanol–water partition coefficient (Wildman–Crippen LogP) is 7.82. The normalized spacial score (nSPS) is 12.4. The summed E-state index contributed by atoms with van der Waals surface area (Å²) in [5.41, 5.74) is 3.24. The second kappa shape index (κ2) is 16.3. The fourth-order valence-corrected chi connectivity index (χ4v) is 6.23. The molecule has 4 rings (SSSR count). The van der Waals surface area contributed by atoms with Gasteiger partial charge in [0, 0.05) is 19.9 Å². The molecule has 47 heavy (non-hydrogen) atoms. The third-order valence-electron chi connectivity index (χ3n) is 7.00. The number of likely N-dealkylation sites (N-methyl/N-ethyl adjacent to an activating group) is 1. The molecule has 14 heteroatoms. The van der Waals surface area contributed by atoms with Crippen LogP contribution in [0.1, 0.15) is 52.2 Å². The monoisotopic (exact) mass is 708 g/mol. The highest BCUT2D eigenvalue weighted by molar-refractivity contribution is 7.85. The Morgan fingerprint density at radius 2 is 1.74 bits per heavy atom. The third kappa shape index (κ3) is 8.93. The molecule has 3 aromatic carbocycles. The molecule has 0 spiro atoms. The largest absolute Gasteiger partial charge is 0.489 e. The van der Waals surface area contributed by atoms with Gasteiger partial charge in [-0.25, -0.2) is 4.68 Å². The zero-order valence-corrected chi connectivity index (χ0v) is 28.8. The van der Waals surface area contributed by atoms with Gasteiger partial charge in [0.2, 0.25) is 0 Å². The van der Waals surface area contributed by atoms with E-state index in [0.717, 1.165) is 44.8 Å². The molecule has 2 atom stereocenters. The maximum atomic E-state index is 12.8. The van der Waals surface area contributed by atoms with Crippen molar-refractivity contribution in [2.75, 3.05) is 19.9 Å². The average molecular weight is 710 g/mol. The fourth-order valence-electron chi connectivity index (χ4n) is 4.57. The van der Waals surface area contributed by atoms with Crippen molar-refractivity contribution in [1.82, 2.24) is 15.1 Å². The summed E-state index contributed by atoms with van der Waals surface area (Å²) in [5.74, 6) is 0.941. The number of aryl methyl sites for hydroxylation is 2. The number of benzene rings is 3. The highest BCUT2D eigenvalue weighted by atomic mass is 35.5. The molecule has 1 aromatic heterocycles. The van der Waals surface area contributed by atoms with E-state index in [9.17, 15) is 22.2 Å². The Hall–Kier alpha value is -3.89. The summed E-state index contributed by atoms with van der Waals surface area (Å²) in [7, 11) is 1.66. The van der Waals surface area contributed by atoms with Gasteiger partial charge in [0.25, 0.3) is 5.91 Å². The summed E-state index contributed by atoms with van der Waals surface area (Å²) in [6, 6.07) is 17.1. The summed E-state index contributed by atoms with van der Waals surface area (Å²) in [6.45, 7) is 7.65. The first-order chi connectivity index (χ1) is 22.2. The van der Waals surface area contributed by atoms with Crippen LogP contribution in [0.2, 0.25) is 10.0 Å². The van der Waals surface area contributed by atoms with Gasteiger partial charge in [-0.05, 0) is 61.2 Å². The number of nitrogens with one attached hydrogen (secondary N) is 1. The smallest absolute Gasteiger partial charge is 0.416 e. The van der Waals surface area contributed by atoms with E-state index in [0.29, 0.717) is 12.3 Å². The van der Waals surface area contributed by atoms with Crippen LogP contribution < -0.4 is 10.1 Å². The maximum Gasteiger partial charge on any atom is 0.416 e. The maximum absolute atomic E-state index is 12.8. The van der Waals surface area contributed by atoms with Crippen LogP contribution in [0.15, 0.2) is 59.5 Å². The Morgan fingerprint density at radius 3 is 2.30 bits per heavy atom. The van der Waals surface area contributed by atoms with Gasteiger partial charge in [0.05, 0.1) is 37.0 Å². The molecule has 0 bridgehead atoms. The van der Waals surface area contributed by atoms with Crippen molar-refractivity contribution in [3.63, 3.8) is 0 Å². The lowest BCUT2D eigenvalue weighted by Gasteiger charge is -2.18. The first-order valence-electron chi connectivity index (χ1n) is 14.1. The number of hydrogen-bond acceptors (Lipinski definition) is 6. The quantitative estimate of drug-likeness (QED) is 0.190. The summed E-state index contributed by atoms with van der Waals surface area (Å²) >= 11 is 11.9. The molecule has 2 unspecified atom stereocenters. The number of hydrogen-bond donors (Lipinski definition) is 1. The van der Waals surface area contributed by atoms with E-state index in [1.54, 1.807) is 20.9 Å². The van der Waals surface area contributed by atoms with Crippen molar-refractivity contribution in [3.8, 4) is 17.5 Å². The van der Waals surface area contributed by atoms with Gasteiger partial charge in [-0.1, -0.05) is 66.5 Å². The molecule has 1 amide bonds. The number of nitriles is 1. The molecule has 250 valence electrons. The van der Waals surface area contributed by atoms with Crippen LogP contribution in [-0.2, 0) is 33.1 Å². The van der Waals surface area contributed by atoms with Crippen molar-refractivity contribution in [2.45, 2.75) is 51.5 Å². The van der Waals surface area contributed by atoms with Gasteiger partial charge in [0.15, 0.2) is 11.8 Å². The first-order valence-corrected chi connectivity index (χ1v) is 16.2. The number of halogens is 5. The number of carbonyl (C=O) groups is 1. The second-order valence-electron chi connectivity index (χ2n) is 10.2. The second-order valence-corrected chi connectivity index (χ2v) is 12.7. The zero-order chi connectivity index (χ0) is 35.1. The van der Waals surface area contributed by atoms with E-state index in [2.05, 4.69) is 16.5 Å². The Kier molecular flexibility index (Phi) is 13.0. The highest BCUT2D eigenvalue weighted by Gasteiger charge is 2.33. The van der Waals surface area contributed by atoms with Gasteiger partial charge in [-0.15, -0.1) is 0 Å². The van der Waals surface area contributed by atoms with Crippen LogP contribution >= 0.6 is 23.2 Å². The Morgan fingerprint density at radius 1 is 1.11 bits per heavy atom. The summed E-state index contributed by atoms with van der Waals surface area (Å²) in [4.78, 5) is 12.2. The SMILES string of the molecule is CCS(=O)c1c(C#N)nn(-c2c(Cl)cc(C(F)(F)F)cc2Cl)c1C.CNC(=O)C(OC)c1ccccc1COc1cc(C)ccc1C. The summed E-state index contributed by atoms with van der Waals surface area (Å²) in [5, 5.41) is 15.2. The molecule has 0 saturated carbocycles. The average Bonchev–Trinajstić information content (AvgIpc) is 3.36. The molecule has 4 aromatic rings. The van der Waals surface area contributed by atoms with E-state index in [1.165, 1.54) is 7.11 Å². The molecule has 0 radical (unpaired) electrons. The molecule has 0 saturated heterocycles. The minimum atomic E-state index is -4.60. The van der Waals surface area contributed by atoms with Gasteiger partial charge >= 0.3 is 6.18 Å². The van der Waals surface area contributed by atoms with Crippen molar-refractivity contribution in [3.05, 3.63) is 104 Å². The Labute approximate surface area is 283 Å². The number of ether oxygens (including phenoxy) is 2. The predicted molar refractivity (Wildman–Crippen MR) is 175 cm³/mol. The van der Waals surface area contributed by atoms with Crippen molar-refractivity contribution in [1.29, 1.82) is 5.26 Å². The number of amides is 1. The van der Waals surface area contributed by atoms with Crippen LogP contribution in [0.25, 0.3) is 5.69 Å².